The van der Waals surface area contributed by atoms with E-state index in [2.05, 4.69) is 0 Å². The SMILES string of the molecule is O=C(COc1cc(Cl)cc(Cl)c1)N(c1ccccc1)[C@H]1CCS(=O)(=O)C1. The molecule has 0 bridgehead atoms. The second-order valence-electron chi connectivity index (χ2n) is 6.05. The highest BCUT2D eigenvalue weighted by Crippen LogP contribution is 2.26. The van der Waals surface area contributed by atoms with Crippen molar-refractivity contribution < 1.29 is 17.9 Å². The van der Waals surface area contributed by atoms with Crippen molar-refractivity contribution in [1.82, 2.24) is 0 Å². The summed E-state index contributed by atoms with van der Waals surface area (Å²) in [4.78, 5) is 14.3. The Morgan fingerprint density at radius 1 is 1.12 bits per heavy atom. The van der Waals surface area contributed by atoms with Crippen LogP contribution < -0.4 is 9.64 Å². The predicted octanol–water partition coefficient (Wildman–Crippen LogP) is 3.59. The van der Waals surface area contributed by atoms with Gasteiger partial charge in [0, 0.05) is 15.7 Å². The van der Waals surface area contributed by atoms with E-state index < -0.39 is 15.9 Å². The second-order valence-corrected chi connectivity index (χ2v) is 9.15. The van der Waals surface area contributed by atoms with E-state index in [1.165, 1.54) is 4.90 Å². The molecule has 0 aliphatic carbocycles. The number of halogens is 2. The van der Waals surface area contributed by atoms with E-state index in [9.17, 15) is 13.2 Å². The first-order valence-corrected chi connectivity index (χ1v) is 10.6. The fourth-order valence-corrected chi connectivity index (χ4v) is 5.16. The molecule has 0 N–H and O–H groups in total. The first kappa shape index (κ1) is 19.0. The number of carbonyl (C=O) groups excluding carboxylic acids is 1. The summed E-state index contributed by atoms with van der Waals surface area (Å²) >= 11 is 11.9. The van der Waals surface area contributed by atoms with E-state index in [4.69, 9.17) is 27.9 Å². The number of rotatable bonds is 5. The van der Waals surface area contributed by atoms with E-state index >= 15 is 0 Å². The number of anilines is 1. The summed E-state index contributed by atoms with van der Waals surface area (Å²) in [6.45, 7) is -0.248. The van der Waals surface area contributed by atoms with E-state index in [0.717, 1.165) is 0 Å². The average Bonchev–Trinajstić information content (AvgIpc) is 2.93. The Morgan fingerprint density at radius 3 is 2.35 bits per heavy atom. The van der Waals surface area contributed by atoms with Crippen molar-refractivity contribution in [1.29, 1.82) is 0 Å². The van der Waals surface area contributed by atoms with Gasteiger partial charge < -0.3 is 9.64 Å². The second kappa shape index (κ2) is 7.86. The van der Waals surface area contributed by atoms with Gasteiger partial charge in [-0.1, -0.05) is 41.4 Å². The van der Waals surface area contributed by atoms with Crippen molar-refractivity contribution in [3.8, 4) is 5.75 Å². The number of sulfone groups is 1. The zero-order valence-electron chi connectivity index (χ0n) is 13.8. The van der Waals surface area contributed by atoms with Crippen LogP contribution in [0, 0.1) is 0 Å². The van der Waals surface area contributed by atoms with Crippen LogP contribution in [0.15, 0.2) is 48.5 Å². The standard InChI is InChI=1S/C18H17Cl2NO4S/c19-13-8-14(20)10-17(9-13)25-11-18(22)21(15-4-2-1-3-5-15)16-6-7-26(23,24)12-16/h1-5,8-10,16H,6-7,11-12H2/t16-/m0/s1. The fourth-order valence-electron chi connectivity index (χ4n) is 2.95. The summed E-state index contributed by atoms with van der Waals surface area (Å²) in [6.07, 6.45) is 0.409. The van der Waals surface area contributed by atoms with E-state index in [0.29, 0.717) is 27.9 Å². The number of hydrogen-bond donors (Lipinski definition) is 0. The molecule has 26 heavy (non-hydrogen) atoms. The molecule has 1 heterocycles. The van der Waals surface area contributed by atoms with Gasteiger partial charge in [0.2, 0.25) is 0 Å². The molecule has 1 atom stereocenters. The molecule has 1 saturated heterocycles. The molecular formula is C18H17Cl2NO4S. The summed E-state index contributed by atoms with van der Waals surface area (Å²) in [5.74, 6) is 0.0904. The van der Waals surface area contributed by atoms with E-state index in [-0.39, 0.29) is 24.0 Å². The van der Waals surface area contributed by atoms with Crippen LogP contribution in [0.3, 0.4) is 0 Å². The Morgan fingerprint density at radius 2 is 1.77 bits per heavy atom. The first-order valence-electron chi connectivity index (χ1n) is 8.00. The molecule has 1 fully saturated rings. The summed E-state index contributed by atoms with van der Waals surface area (Å²) in [7, 11) is -3.13. The molecular weight excluding hydrogens is 397 g/mol. The van der Waals surface area contributed by atoms with Crippen LogP contribution in [-0.2, 0) is 14.6 Å². The molecule has 138 valence electrons. The van der Waals surface area contributed by atoms with Crippen LogP contribution in [-0.4, -0.2) is 38.5 Å². The van der Waals surface area contributed by atoms with Gasteiger partial charge >= 0.3 is 0 Å². The first-order chi connectivity index (χ1) is 12.3. The smallest absolute Gasteiger partial charge is 0.265 e. The maximum atomic E-state index is 12.8. The van der Waals surface area contributed by atoms with Crippen LogP contribution in [0.2, 0.25) is 10.0 Å². The lowest BCUT2D eigenvalue weighted by molar-refractivity contribution is -0.121. The van der Waals surface area contributed by atoms with Gasteiger partial charge in [-0.25, -0.2) is 8.42 Å². The Balaban J connectivity index is 1.79. The topological polar surface area (TPSA) is 63.7 Å². The molecule has 8 heteroatoms. The number of hydrogen-bond acceptors (Lipinski definition) is 4. The number of para-hydroxylation sites is 1. The Hall–Kier alpha value is -1.76. The fraction of sp³-hybridized carbons (Fsp3) is 0.278. The molecule has 1 amide bonds. The third kappa shape index (κ3) is 4.69. The molecule has 0 unspecified atom stereocenters. The number of carbonyl (C=O) groups is 1. The molecule has 0 radical (unpaired) electrons. The van der Waals surface area contributed by atoms with Crippen LogP contribution in [0.5, 0.6) is 5.75 Å². The normalized spacial score (nSPS) is 18.5. The van der Waals surface area contributed by atoms with Crippen LogP contribution in [0.25, 0.3) is 0 Å². The zero-order valence-corrected chi connectivity index (χ0v) is 16.1. The molecule has 2 aromatic rings. The largest absolute Gasteiger partial charge is 0.484 e. The molecule has 5 nitrogen and oxygen atoms in total. The van der Waals surface area contributed by atoms with Crippen LogP contribution in [0.4, 0.5) is 5.69 Å². The van der Waals surface area contributed by atoms with Crippen LogP contribution >= 0.6 is 23.2 Å². The Bertz CT molecular complexity index is 882. The van der Waals surface area contributed by atoms with Gasteiger partial charge in [0.1, 0.15) is 5.75 Å². The number of ether oxygens (including phenoxy) is 1. The Labute approximate surface area is 162 Å². The van der Waals surface area contributed by atoms with Gasteiger partial charge in [-0.05, 0) is 36.8 Å². The van der Waals surface area contributed by atoms with Crippen molar-refractivity contribution in [2.75, 3.05) is 23.0 Å². The molecule has 1 aliphatic heterocycles. The van der Waals surface area contributed by atoms with E-state index in [1.807, 2.05) is 6.07 Å². The monoisotopic (exact) mass is 413 g/mol. The molecule has 2 aromatic carbocycles. The maximum absolute atomic E-state index is 12.8. The van der Waals surface area contributed by atoms with Gasteiger partial charge in [-0.3, -0.25) is 4.79 Å². The third-order valence-electron chi connectivity index (χ3n) is 4.07. The summed E-state index contributed by atoms with van der Waals surface area (Å²) in [5.41, 5.74) is 0.646. The lowest BCUT2D eigenvalue weighted by Gasteiger charge is -2.28. The molecule has 3 rings (SSSR count). The van der Waals surface area contributed by atoms with Crippen molar-refractivity contribution in [2.45, 2.75) is 12.5 Å². The van der Waals surface area contributed by atoms with E-state index in [1.54, 1.807) is 42.5 Å². The average molecular weight is 414 g/mol. The van der Waals surface area contributed by atoms with Crippen molar-refractivity contribution in [3.05, 3.63) is 58.6 Å². The number of benzene rings is 2. The minimum absolute atomic E-state index is 0.0450. The van der Waals surface area contributed by atoms with Gasteiger partial charge in [0.05, 0.1) is 17.5 Å². The van der Waals surface area contributed by atoms with Gasteiger partial charge in [0.25, 0.3) is 5.91 Å². The molecule has 0 spiro atoms. The lowest BCUT2D eigenvalue weighted by Crippen LogP contribution is -2.43. The molecule has 1 aliphatic rings. The highest BCUT2D eigenvalue weighted by atomic mass is 35.5. The van der Waals surface area contributed by atoms with Crippen molar-refractivity contribution >= 4 is 44.6 Å². The van der Waals surface area contributed by atoms with Gasteiger partial charge in [-0.15, -0.1) is 0 Å². The van der Waals surface area contributed by atoms with Gasteiger partial charge in [0.15, 0.2) is 16.4 Å². The number of amides is 1. The molecule has 0 aromatic heterocycles. The predicted molar refractivity (Wildman–Crippen MR) is 103 cm³/mol. The third-order valence-corrected chi connectivity index (χ3v) is 6.26. The van der Waals surface area contributed by atoms with Gasteiger partial charge in [-0.2, -0.15) is 0 Å². The quantitative estimate of drug-likeness (QED) is 0.750. The summed E-state index contributed by atoms with van der Waals surface area (Å²) in [5, 5.41) is 0.809. The Kier molecular flexibility index (Phi) is 5.75. The molecule has 0 saturated carbocycles. The maximum Gasteiger partial charge on any atom is 0.265 e. The zero-order chi connectivity index (χ0) is 18.7. The number of nitrogens with zero attached hydrogens (tertiary/aromatic N) is 1. The lowest BCUT2D eigenvalue weighted by atomic mass is 10.2. The minimum atomic E-state index is -3.13. The summed E-state index contributed by atoms with van der Waals surface area (Å²) in [6, 6.07) is 13.3. The highest BCUT2D eigenvalue weighted by Gasteiger charge is 2.35. The summed E-state index contributed by atoms with van der Waals surface area (Å²) < 4.78 is 29.2. The van der Waals surface area contributed by atoms with Crippen LogP contribution in [0.1, 0.15) is 6.42 Å². The van der Waals surface area contributed by atoms with Crippen molar-refractivity contribution in [3.63, 3.8) is 0 Å². The van der Waals surface area contributed by atoms with Crippen molar-refractivity contribution in [2.24, 2.45) is 0 Å². The highest BCUT2D eigenvalue weighted by molar-refractivity contribution is 7.91. The minimum Gasteiger partial charge on any atom is -0.484 e.